The first kappa shape index (κ1) is 18.4. The Balaban J connectivity index is 0. The van der Waals surface area contributed by atoms with Gasteiger partial charge in [-0.15, -0.1) is 0 Å². The van der Waals surface area contributed by atoms with Crippen LogP contribution in [0.15, 0.2) is 12.2 Å². The molecule has 0 radical (unpaired) electrons. The van der Waals surface area contributed by atoms with Crippen LogP contribution in [0.3, 0.4) is 0 Å². The maximum atomic E-state index is 10.6. The molecule has 0 aromatic rings. The normalized spacial score (nSPS) is 11.1. The first-order valence-corrected chi connectivity index (χ1v) is 5.32. The van der Waals surface area contributed by atoms with Crippen molar-refractivity contribution in [1.82, 2.24) is 0 Å². The van der Waals surface area contributed by atoms with Crippen LogP contribution in [0.4, 0.5) is 0 Å². The van der Waals surface area contributed by atoms with E-state index in [-0.39, 0.29) is 25.4 Å². The van der Waals surface area contributed by atoms with Gasteiger partial charge in [-0.1, -0.05) is 6.58 Å². The van der Waals surface area contributed by atoms with Crippen LogP contribution in [-0.4, -0.2) is 58.9 Å². The van der Waals surface area contributed by atoms with Gasteiger partial charge in [0.25, 0.3) is 0 Å². The summed E-state index contributed by atoms with van der Waals surface area (Å²) in [5, 5.41) is 33.2. The molecule has 0 rings (SSSR count). The summed E-state index contributed by atoms with van der Waals surface area (Å²) in [6, 6.07) is 0. The first-order chi connectivity index (χ1) is 7.99. The Morgan fingerprint density at radius 1 is 1.24 bits per heavy atom. The maximum absolute atomic E-state index is 10.6. The molecule has 0 aliphatic carbocycles. The second-order valence-electron chi connectivity index (χ2n) is 3.37. The van der Waals surface area contributed by atoms with Crippen molar-refractivity contribution >= 4 is 5.97 Å². The standard InChI is InChI=1S/C7H12O4.C4H10O2/c1-5(2)7(10)11-4-6(9)3-8;5-3-1-2-4-6/h6,8-9H,1,3-4H2,2H3;5-6H,1-4H2. The van der Waals surface area contributed by atoms with E-state index in [0.717, 1.165) is 12.8 Å². The Morgan fingerprint density at radius 3 is 2.00 bits per heavy atom. The van der Waals surface area contributed by atoms with Crippen molar-refractivity contribution in [2.75, 3.05) is 26.4 Å². The zero-order valence-corrected chi connectivity index (χ0v) is 10.1. The van der Waals surface area contributed by atoms with Crippen molar-refractivity contribution < 1.29 is 30.0 Å². The zero-order chi connectivity index (χ0) is 13.7. The molecule has 0 saturated heterocycles. The first-order valence-electron chi connectivity index (χ1n) is 5.32. The van der Waals surface area contributed by atoms with Crippen LogP contribution in [0.2, 0.25) is 0 Å². The lowest BCUT2D eigenvalue weighted by molar-refractivity contribution is -0.142. The number of hydrogen-bond acceptors (Lipinski definition) is 6. The van der Waals surface area contributed by atoms with E-state index in [0.29, 0.717) is 0 Å². The van der Waals surface area contributed by atoms with Crippen molar-refractivity contribution in [2.24, 2.45) is 0 Å². The summed E-state index contributed by atoms with van der Waals surface area (Å²) in [5.41, 5.74) is 0.273. The van der Waals surface area contributed by atoms with Gasteiger partial charge in [0.1, 0.15) is 12.7 Å². The van der Waals surface area contributed by atoms with Crippen LogP contribution < -0.4 is 0 Å². The van der Waals surface area contributed by atoms with Crippen LogP contribution in [0, 0.1) is 0 Å². The van der Waals surface area contributed by atoms with Gasteiger partial charge in [-0.05, 0) is 19.8 Å². The fourth-order valence-electron chi connectivity index (χ4n) is 0.571. The molecule has 0 aliphatic rings. The highest BCUT2D eigenvalue weighted by atomic mass is 16.5. The summed E-state index contributed by atoms with van der Waals surface area (Å²) < 4.78 is 4.51. The molecule has 1 unspecified atom stereocenters. The average molecular weight is 250 g/mol. The monoisotopic (exact) mass is 250 g/mol. The van der Waals surface area contributed by atoms with Crippen molar-refractivity contribution in [3.05, 3.63) is 12.2 Å². The molecule has 1 atom stereocenters. The number of aliphatic hydroxyl groups is 4. The molecular weight excluding hydrogens is 228 g/mol. The Hall–Kier alpha value is -0.950. The number of carbonyl (C=O) groups excluding carboxylic acids is 1. The third-order valence-corrected chi connectivity index (χ3v) is 1.53. The van der Waals surface area contributed by atoms with Crippen molar-refractivity contribution in [3.8, 4) is 0 Å². The fourth-order valence-corrected chi connectivity index (χ4v) is 0.571. The number of aliphatic hydroxyl groups excluding tert-OH is 4. The molecular formula is C11H22O6. The Morgan fingerprint density at radius 2 is 1.71 bits per heavy atom. The summed E-state index contributed by atoms with van der Waals surface area (Å²) in [5.74, 6) is -0.558. The summed E-state index contributed by atoms with van der Waals surface area (Å²) in [4.78, 5) is 10.6. The van der Waals surface area contributed by atoms with Gasteiger partial charge in [-0.25, -0.2) is 4.79 Å². The van der Waals surface area contributed by atoms with Gasteiger partial charge >= 0.3 is 5.97 Å². The summed E-state index contributed by atoms with van der Waals surface area (Å²) in [7, 11) is 0. The van der Waals surface area contributed by atoms with Gasteiger partial charge in [0.15, 0.2) is 0 Å². The Kier molecular flexibility index (Phi) is 14.2. The number of rotatable bonds is 7. The predicted octanol–water partition coefficient (Wildman–Crippen LogP) is -0.790. The fraction of sp³-hybridized carbons (Fsp3) is 0.727. The molecule has 0 amide bonds. The molecule has 102 valence electrons. The molecule has 6 heteroatoms. The molecule has 0 aromatic heterocycles. The maximum Gasteiger partial charge on any atom is 0.333 e. The molecule has 6 nitrogen and oxygen atoms in total. The lowest BCUT2D eigenvalue weighted by Crippen LogP contribution is -2.22. The van der Waals surface area contributed by atoms with Crippen LogP contribution >= 0.6 is 0 Å². The number of hydrogen-bond donors (Lipinski definition) is 4. The number of unbranched alkanes of at least 4 members (excludes halogenated alkanes) is 1. The molecule has 4 N–H and O–H groups in total. The van der Waals surface area contributed by atoms with Crippen molar-refractivity contribution in [3.63, 3.8) is 0 Å². The SMILES string of the molecule is C=C(C)C(=O)OCC(O)CO.OCCCCO. The largest absolute Gasteiger partial charge is 0.460 e. The lowest BCUT2D eigenvalue weighted by Gasteiger charge is -2.07. The topological polar surface area (TPSA) is 107 Å². The van der Waals surface area contributed by atoms with Crippen molar-refractivity contribution in [2.45, 2.75) is 25.9 Å². The second-order valence-corrected chi connectivity index (χ2v) is 3.37. The van der Waals surface area contributed by atoms with Crippen LogP contribution in [0.5, 0.6) is 0 Å². The summed E-state index contributed by atoms with van der Waals surface area (Å²) in [6.45, 7) is 4.63. The van der Waals surface area contributed by atoms with Crippen molar-refractivity contribution in [1.29, 1.82) is 0 Å². The minimum absolute atomic E-state index is 0.192. The smallest absolute Gasteiger partial charge is 0.333 e. The highest BCUT2D eigenvalue weighted by Crippen LogP contribution is 1.93. The Bertz CT molecular complexity index is 200. The van der Waals surface area contributed by atoms with Crippen LogP contribution in [0.25, 0.3) is 0 Å². The molecule has 17 heavy (non-hydrogen) atoms. The van der Waals surface area contributed by atoms with Gasteiger partial charge in [0, 0.05) is 18.8 Å². The molecule has 0 heterocycles. The molecule has 0 saturated carbocycles. The van der Waals surface area contributed by atoms with E-state index in [1.54, 1.807) is 0 Å². The minimum Gasteiger partial charge on any atom is -0.460 e. The van der Waals surface area contributed by atoms with Gasteiger partial charge in [0.05, 0.1) is 6.61 Å². The highest BCUT2D eigenvalue weighted by Gasteiger charge is 2.07. The quantitative estimate of drug-likeness (QED) is 0.268. The zero-order valence-electron chi connectivity index (χ0n) is 10.1. The van der Waals surface area contributed by atoms with Gasteiger partial charge in [0.2, 0.25) is 0 Å². The van der Waals surface area contributed by atoms with E-state index in [1.165, 1.54) is 6.92 Å². The number of esters is 1. The number of ether oxygens (including phenoxy) is 1. The van der Waals surface area contributed by atoms with E-state index >= 15 is 0 Å². The Labute approximate surface area is 101 Å². The predicted molar refractivity (Wildman–Crippen MR) is 62.3 cm³/mol. The van der Waals surface area contributed by atoms with E-state index in [9.17, 15) is 4.79 Å². The van der Waals surface area contributed by atoms with Gasteiger partial charge in [-0.2, -0.15) is 0 Å². The molecule has 0 aromatic carbocycles. The van der Waals surface area contributed by atoms with Crippen LogP contribution in [-0.2, 0) is 9.53 Å². The molecule has 0 bridgehead atoms. The van der Waals surface area contributed by atoms with E-state index in [2.05, 4.69) is 11.3 Å². The summed E-state index contributed by atoms with van der Waals surface area (Å²) in [6.07, 6.45) is 0.436. The minimum atomic E-state index is -1.00. The average Bonchev–Trinajstić information content (AvgIpc) is 2.33. The van der Waals surface area contributed by atoms with E-state index in [4.69, 9.17) is 20.4 Å². The third kappa shape index (κ3) is 15.1. The molecule has 0 spiro atoms. The van der Waals surface area contributed by atoms with E-state index in [1.807, 2.05) is 0 Å². The summed E-state index contributed by atoms with van der Waals surface area (Å²) >= 11 is 0. The molecule has 0 aliphatic heterocycles. The van der Waals surface area contributed by atoms with Gasteiger partial charge < -0.3 is 25.2 Å². The number of carbonyl (C=O) groups is 1. The lowest BCUT2D eigenvalue weighted by atomic mass is 10.3. The molecule has 0 fully saturated rings. The third-order valence-electron chi connectivity index (χ3n) is 1.53. The highest BCUT2D eigenvalue weighted by molar-refractivity contribution is 5.86. The van der Waals surface area contributed by atoms with Crippen LogP contribution in [0.1, 0.15) is 19.8 Å². The second kappa shape index (κ2) is 13.1. The van der Waals surface area contributed by atoms with Gasteiger partial charge in [-0.3, -0.25) is 0 Å². The van der Waals surface area contributed by atoms with E-state index < -0.39 is 18.7 Å².